The van der Waals surface area contributed by atoms with Gasteiger partial charge in [0.1, 0.15) is 6.23 Å². The molecule has 2 N–H and O–H groups in total. The van der Waals surface area contributed by atoms with Gasteiger partial charge in [0.05, 0.1) is 0 Å². The van der Waals surface area contributed by atoms with Gasteiger partial charge in [-0.05, 0) is 19.8 Å². The summed E-state index contributed by atoms with van der Waals surface area (Å²) in [5.41, 5.74) is 0. The van der Waals surface area contributed by atoms with Crippen molar-refractivity contribution < 1.29 is 4.84 Å². The molecular weight excluding hydrogens is 116 g/mol. The Hall–Kier alpha value is -0.120. The van der Waals surface area contributed by atoms with Crippen LogP contribution >= 0.6 is 0 Å². The van der Waals surface area contributed by atoms with E-state index in [0.29, 0.717) is 0 Å². The van der Waals surface area contributed by atoms with Crippen molar-refractivity contribution in [1.82, 2.24) is 4.90 Å². The maximum atomic E-state index is 5.01. The van der Waals surface area contributed by atoms with Crippen LogP contribution in [0.25, 0.3) is 0 Å². The Bertz CT molecular complexity index is 81.1. The fraction of sp³-hybridized carbons (Fsp3) is 1.00. The highest BCUT2D eigenvalue weighted by Crippen LogP contribution is 2.10. The minimum Gasteiger partial charge on any atom is -0.286 e. The van der Waals surface area contributed by atoms with Gasteiger partial charge in [-0.25, -0.2) is 5.90 Å². The Balaban J connectivity index is 2.24. The molecule has 1 aliphatic rings. The second kappa shape index (κ2) is 3.15. The third kappa shape index (κ3) is 1.64. The summed E-state index contributed by atoms with van der Waals surface area (Å²) in [4.78, 5) is 6.90. The van der Waals surface area contributed by atoms with Crippen LogP contribution in [0.15, 0.2) is 0 Å². The Kier molecular flexibility index (Phi) is 2.45. The average molecular weight is 130 g/mol. The van der Waals surface area contributed by atoms with Crippen LogP contribution < -0.4 is 5.90 Å². The van der Waals surface area contributed by atoms with E-state index < -0.39 is 0 Å². The molecule has 0 bridgehead atoms. The van der Waals surface area contributed by atoms with E-state index in [4.69, 9.17) is 5.90 Å². The molecule has 0 aromatic heterocycles. The topological polar surface area (TPSA) is 38.5 Å². The Morgan fingerprint density at radius 1 is 1.44 bits per heavy atom. The molecule has 0 saturated carbocycles. The van der Waals surface area contributed by atoms with Gasteiger partial charge in [0.25, 0.3) is 0 Å². The maximum absolute atomic E-state index is 5.01. The van der Waals surface area contributed by atoms with E-state index in [0.717, 1.165) is 13.1 Å². The smallest absolute Gasteiger partial charge is 0.128 e. The van der Waals surface area contributed by atoms with Crippen molar-refractivity contribution in [3.8, 4) is 0 Å². The van der Waals surface area contributed by atoms with Crippen LogP contribution in [-0.4, -0.2) is 24.2 Å². The second-order valence-electron chi connectivity index (χ2n) is 2.48. The van der Waals surface area contributed by atoms with Crippen LogP contribution in [0.2, 0.25) is 0 Å². The van der Waals surface area contributed by atoms with Crippen molar-refractivity contribution in [2.75, 3.05) is 13.1 Å². The summed E-state index contributed by atoms with van der Waals surface area (Å²) in [6, 6.07) is 0. The summed E-state index contributed by atoms with van der Waals surface area (Å²) in [6.45, 7) is 4.25. The SMILES string of the molecule is CC(ON)N1CCCC1. The summed E-state index contributed by atoms with van der Waals surface area (Å²) >= 11 is 0. The summed E-state index contributed by atoms with van der Waals surface area (Å²) in [5, 5.41) is 0. The van der Waals surface area contributed by atoms with Gasteiger partial charge >= 0.3 is 0 Å². The number of rotatable bonds is 2. The van der Waals surface area contributed by atoms with Gasteiger partial charge in [0.2, 0.25) is 0 Å². The largest absolute Gasteiger partial charge is 0.286 e. The highest BCUT2D eigenvalue weighted by molar-refractivity contribution is 4.66. The van der Waals surface area contributed by atoms with E-state index in [1.54, 1.807) is 0 Å². The molecule has 1 fully saturated rings. The van der Waals surface area contributed by atoms with Crippen molar-refractivity contribution >= 4 is 0 Å². The molecule has 3 heteroatoms. The van der Waals surface area contributed by atoms with Crippen molar-refractivity contribution in [3.63, 3.8) is 0 Å². The average Bonchev–Trinajstić information content (AvgIpc) is 2.37. The zero-order valence-electron chi connectivity index (χ0n) is 5.84. The van der Waals surface area contributed by atoms with E-state index in [9.17, 15) is 0 Å². The van der Waals surface area contributed by atoms with Gasteiger partial charge in [0, 0.05) is 13.1 Å². The first-order valence-corrected chi connectivity index (χ1v) is 3.44. The van der Waals surface area contributed by atoms with E-state index in [2.05, 4.69) is 9.74 Å². The number of hydrogen-bond donors (Lipinski definition) is 1. The third-order valence-corrected chi connectivity index (χ3v) is 1.85. The molecule has 0 aromatic carbocycles. The summed E-state index contributed by atoms with van der Waals surface area (Å²) < 4.78 is 0. The van der Waals surface area contributed by atoms with Crippen LogP contribution in [0, 0.1) is 0 Å². The first-order valence-electron chi connectivity index (χ1n) is 3.44. The molecule has 0 aromatic rings. The van der Waals surface area contributed by atoms with Crippen LogP contribution in [-0.2, 0) is 4.84 Å². The number of hydrogen-bond acceptors (Lipinski definition) is 3. The normalized spacial score (nSPS) is 24.7. The van der Waals surface area contributed by atoms with Gasteiger partial charge in [0.15, 0.2) is 0 Å². The van der Waals surface area contributed by atoms with Crippen LogP contribution in [0.3, 0.4) is 0 Å². The molecule has 1 unspecified atom stereocenters. The molecule has 3 nitrogen and oxygen atoms in total. The van der Waals surface area contributed by atoms with Crippen LogP contribution in [0.1, 0.15) is 19.8 Å². The van der Waals surface area contributed by atoms with E-state index in [1.807, 2.05) is 6.92 Å². The van der Waals surface area contributed by atoms with Gasteiger partial charge in [-0.1, -0.05) is 0 Å². The molecule has 0 amide bonds. The first-order chi connectivity index (χ1) is 4.34. The monoisotopic (exact) mass is 130 g/mol. The number of nitrogens with two attached hydrogens (primary N) is 1. The molecule has 0 spiro atoms. The molecule has 54 valence electrons. The second-order valence-corrected chi connectivity index (χ2v) is 2.48. The first kappa shape index (κ1) is 6.99. The van der Waals surface area contributed by atoms with E-state index in [1.165, 1.54) is 12.8 Å². The molecule has 0 aliphatic carbocycles. The maximum Gasteiger partial charge on any atom is 0.128 e. The lowest BCUT2D eigenvalue weighted by molar-refractivity contribution is -0.0379. The standard InChI is InChI=1S/C6H14N2O/c1-6(9-7)8-4-2-3-5-8/h6H,2-5,7H2,1H3. The zero-order valence-corrected chi connectivity index (χ0v) is 5.84. The molecule has 0 radical (unpaired) electrons. The van der Waals surface area contributed by atoms with Crippen molar-refractivity contribution in [3.05, 3.63) is 0 Å². The quantitative estimate of drug-likeness (QED) is 0.547. The molecule has 1 rings (SSSR count). The Morgan fingerprint density at radius 2 is 2.00 bits per heavy atom. The van der Waals surface area contributed by atoms with E-state index in [-0.39, 0.29) is 6.23 Å². The molecule has 1 atom stereocenters. The predicted molar refractivity (Wildman–Crippen MR) is 35.5 cm³/mol. The van der Waals surface area contributed by atoms with Gasteiger partial charge in [-0.3, -0.25) is 9.74 Å². The number of nitrogens with zero attached hydrogens (tertiary/aromatic N) is 1. The molecule has 1 saturated heterocycles. The molecule has 1 heterocycles. The fourth-order valence-electron chi connectivity index (χ4n) is 1.19. The Labute approximate surface area is 55.7 Å². The molecular formula is C6H14N2O. The highest BCUT2D eigenvalue weighted by Gasteiger charge is 2.16. The Morgan fingerprint density at radius 3 is 2.44 bits per heavy atom. The lowest BCUT2D eigenvalue weighted by atomic mass is 10.4. The molecule has 1 aliphatic heterocycles. The minimum absolute atomic E-state index is 0.104. The third-order valence-electron chi connectivity index (χ3n) is 1.85. The molecule has 9 heavy (non-hydrogen) atoms. The van der Waals surface area contributed by atoms with Gasteiger partial charge in [-0.2, -0.15) is 0 Å². The predicted octanol–water partition coefficient (Wildman–Crippen LogP) is 0.318. The van der Waals surface area contributed by atoms with Gasteiger partial charge < -0.3 is 0 Å². The van der Waals surface area contributed by atoms with E-state index >= 15 is 0 Å². The van der Waals surface area contributed by atoms with Crippen molar-refractivity contribution in [2.45, 2.75) is 26.0 Å². The van der Waals surface area contributed by atoms with Gasteiger partial charge in [-0.15, -0.1) is 0 Å². The van der Waals surface area contributed by atoms with Crippen LogP contribution in [0.4, 0.5) is 0 Å². The lowest BCUT2D eigenvalue weighted by Gasteiger charge is -2.20. The van der Waals surface area contributed by atoms with Crippen LogP contribution in [0.5, 0.6) is 0 Å². The highest BCUT2D eigenvalue weighted by atomic mass is 16.6. The summed E-state index contributed by atoms with van der Waals surface area (Å²) in [5.74, 6) is 5.01. The minimum atomic E-state index is 0.104. The fourth-order valence-corrected chi connectivity index (χ4v) is 1.19. The van der Waals surface area contributed by atoms with Crippen molar-refractivity contribution in [2.24, 2.45) is 5.90 Å². The summed E-state index contributed by atoms with van der Waals surface area (Å²) in [6.07, 6.45) is 2.67. The van der Waals surface area contributed by atoms with Crippen molar-refractivity contribution in [1.29, 1.82) is 0 Å². The summed E-state index contributed by atoms with van der Waals surface area (Å²) in [7, 11) is 0. The zero-order chi connectivity index (χ0) is 6.69. The lowest BCUT2D eigenvalue weighted by Crippen LogP contribution is -2.34. The number of likely N-dealkylation sites (tertiary alicyclic amines) is 1.